The van der Waals surface area contributed by atoms with E-state index >= 15 is 0 Å². The Morgan fingerprint density at radius 1 is 1.04 bits per heavy atom. The van der Waals surface area contributed by atoms with Gasteiger partial charge in [-0.1, -0.05) is 13.8 Å². The number of rotatable bonds is 11. The lowest BCUT2D eigenvalue weighted by atomic mass is 10.0. The molecule has 7 nitrogen and oxygen atoms in total. The van der Waals surface area contributed by atoms with Crippen LogP contribution in [-0.2, 0) is 23.9 Å². The van der Waals surface area contributed by atoms with Crippen LogP contribution in [0.1, 0.15) is 39.5 Å². The lowest BCUT2D eigenvalue weighted by Gasteiger charge is -2.29. The molecule has 0 saturated heterocycles. The predicted molar refractivity (Wildman–Crippen MR) is 81.1 cm³/mol. The zero-order valence-electron chi connectivity index (χ0n) is 14.6. The summed E-state index contributed by atoms with van der Waals surface area (Å²) in [5, 5.41) is 10.7. The van der Waals surface area contributed by atoms with E-state index in [1.807, 2.05) is 21.1 Å². The summed E-state index contributed by atoms with van der Waals surface area (Å²) < 4.78 is 5.55. The van der Waals surface area contributed by atoms with E-state index in [2.05, 4.69) is 0 Å². The van der Waals surface area contributed by atoms with Gasteiger partial charge in [-0.25, -0.2) is 0 Å². The van der Waals surface area contributed by atoms with Crippen LogP contribution in [0.2, 0.25) is 0 Å². The highest BCUT2D eigenvalue weighted by atomic mass is 16.5. The Morgan fingerprint density at radius 2 is 1.61 bits per heavy atom. The molecule has 0 N–H and O–H groups in total. The quantitative estimate of drug-likeness (QED) is 0.293. The number of carbonyl (C=O) groups excluding carboxylic acids is 4. The van der Waals surface area contributed by atoms with Gasteiger partial charge in [-0.3, -0.25) is 14.4 Å². The van der Waals surface area contributed by atoms with E-state index in [9.17, 15) is 24.3 Å². The van der Waals surface area contributed by atoms with E-state index in [4.69, 9.17) is 4.74 Å². The smallest absolute Gasteiger partial charge is 0.306 e. The summed E-state index contributed by atoms with van der Waals surface area (Å²) in [7, 11) is 5.53. The zero-order valence-corrected chi connectivity index (χ0v) is 14.6. The van der Waals surface area contributed by atoms with Gasteiger partial charge < -0.3 is 19.1 Å². The van der Waals surface area contributed by atoms with Gasteiger partial charge in [-0.15, -0.1) is 0 Å². The molecule has 0 rings (SSSR count). The second-order valence-corrected chi connectivity index (χ2v) is 7.00. The Labute approximate surface area is 137 Å². The molecule has 0 amide bonds. The van der Waals surface area contributed by atoms with Crippen molar-refractivity contribution in [3.8, 4) is 0 Å². The van der Waals surface area contributed by atoms with E-state index in [-0.39, 0.29) is 43.2 Å². The van der Waals surface area contributed by atoms with Crippen molar-refractivity contribution in [3.05, 3.63) is 0 Å². The third kappa shape index (κ3) is 11.5. The summed E-state index contributed by atoms with van der Waals surface area (Å²) in [6, 6.07) is 0. The summed E-state index contributed by atoms with van der Waals surface area (Å²) in [6.45, 7) is 3.73. The number of quaternary nitrogens is 1. The molecule has 0 aliphatic rings. The molecule has 0 aromatic carbocycles. The molecule has 0 radical (unpaired) electrons. The molecule has 0 saturated carbocycles. The first-order valence-electron chi connectivity index (χ1n) is 7.65. The van der Waals surface area contributed by atoms with Crippen LogP contribution >= 0.6 is 0 Å². The number of ketones is 2. The molecule has 1 unspecified atom stereocenters. The maximum absolute atomic E-state index is 11.8. The van der Waals surface area contributed by atoms with Gasteiger partial charge in [0.1, 0.15) is 18.1 Å². The molecule has 0 aromatic rings. The third-order valence-electron chi connectivity index (χ3n) is 3.07. The molecule has 0 fully saturated rings. The molecular formula is C16H27NO6. The van der Waals surface area contributed by atoms with Crippen molar-refractivity contribution in [2.75, 3.05) is 27.7 Å². The number of hydrogen-bond donors (Lipinski definition) is 0. The monoisotopic (exact) mass is 329 g/mol. The number of aliphatic carboxylic acids is 1. The number of nitrogens with zero attached hydrogens (tertiary/aromatic N) is 1. The summed E-state index contributed by atoms with van der Waals surface area (Å²) >= 11 is 0. The summed E-state index contributed by atoms with van der Waals surface area (Å²) in [5.41, 5.74) is 0. The minimum atomic E-state index is -1.30. The molecular weight excluding hydrogens is 302 g/mol. The molecule has 7 heteroatoms. The average Bonchev–Trinajstić information content (AvgIpc) is 2.33. The van der Waals surface area contributed by atoms with Crippen molar-refractivity contribution >= 4 is 23.5 Å². The first-order valence-corrected chi connectivity index (χ1v) is 7.65. The van der Waals surface area contributed by atoms with Crippen molar-refractivity contribution in [1.82, 2.24) is 0 Å². The van der Waals surface area contributed by atoms with Crippen molar-refractivity contribution in [2.45, 2.75) is 45.6 Å². The van der Waals surface area contributed by atoms with E-state index in [0.29, 0.717) is 11.0 Å². The molecule has 23 heavy (non-hydrogen) atoms. The molecule has 0 heterocycles. The first kappa shape index (κ1) is 21.2. The predicted octanol–water partition coefficient (Wildman–Crippen LogP) is -0.291. The van der Waals surface area contributed by atoms with Gasteiger partial charge in [0, 0.05) is 24.7 Å². The van der Waals surface area contributed by atoms with Gasteiger partial charge in [-0.05, 0) is 0 Å². The Morgan fingerprint density at radius 3 is 2.04 bits per heavy atom. The highest BCUT2D eigenvalue weighted by Gasteiger charge is 2.23. The molecule has 0 aliphatic heterocycles. The number of carbonyl (C=O) groups is 4. The van der Waals surface area contributed by atoms with Gasteiger partial charge >= 0.3 is 5.97 Å². The molecule has 1 atom stereocenters. The number of likely N-dealkylation sites (N-methyl/N-ethyl adjacent to an activating group) is 1. The van der Waals surface area contributed by atoms with Crippen LogP contribution in [0.5, 0.6) is 0 Å². The van der Waals surface area contributed by atoms with Crippen molar-refractivity contribution in [3.63, 3.8) is 0 Å². The lowest BCUT2D eigenvalue weighted by molar-refractivity contribution is -0.873. The molecule has 0 bridgehead atoms. The van der Waals surface area contributed by atoms with Crippen LogP contribution in [0.4, 0.5) is 0 Å². The summed E-state index contributed by atoms with van der Waals surface area (Å²) in [5.74, 6) is -2.64. The fourth-order valence-corrected chi connectivity index (χ4v) is 1.91. The van der Waals surface area contributed by atoms with Crippen LogP contribution in [0, 0.1) is 5.92 Å². The first-order chi connectivity index (χ1) is 10.4. The van der Waals surface area contributed by atoms with Crippen molar-refractivity contribution < 1.29 is 33.5 Å². The average molecular weight is 329 g/mol. The highest BCUT2D eigenvalue weighted by Crippen LogP contribution is 2.08. The van der Waals surface area contributed by atoms with E-state index < -0.39 is 18.0 Å². The van der Waals surface area contributed by atoms with Crippen LogP contribution in [0.15, 0.2) is 0 Å². The largest absolute Gasteiger partial charge is 0.550 e. The van der Waals surface area contributed by atoms with Gasteiger partial charge in [0.05, 0.1) is 34.0 Å². The number of carboxylic acid groups (broad SMARTS) is 1. The fourth-order valence-electron chi connectivity index (χ4n) is 1.91. The van der Waals surface area contributed by atoms with Crippen LogP contribution < -0.4 is 5.11 Å². The van der Waals surface area contributed by atoms with E-state index in [0.717, 1.165) is 0 Å². The molecule has 0 aromatic heterocycles. The van der Waals surface area contributed by atoms with Crippen LogP contribution in [-0.4, -0.2) is 61.8 Å². The van der Waals surface area contributed by atoms with Crippen molar-refractivity contribution in [1.29, 1.82) is 0 Å². The minimum absolute atomic E-state index is 0.0836. The Kier molecular flexibility index (Phi) is 8.68. The molecule has 0 spiro atoms. The van der Waals surface area contributed by atoms with Gasteiger partial charge in [0.25, 0.3) is 0 Å². The Balaban J connectivity index is 4.39. The summed E-state index contributed by atoms with van der Waals surface area (Å²) in [6.07, 6.45) is -1.63. The second kappa shape index (κ2) is 9.39. The number of hydrogen-bond acceptors (Lipinski definition) is 6. The van der Waals surface area contributed by atoms with Crippen LogP contribution in [0.25, 0.3) is 0 Å². The Bertz CT molecular complexity index is 450. The van der Waals surface area contributed by atoms with E-state index in [1.165, 1.54) is 0 Å². The Hall–Kier alpha value is -1.76. The number of esters is 1. The fraction of sp³-hybridized carbons (Fsp3) is 0.750. The van der Waals surface area contributed by atoms with E-state index in [1.54, 1.807) is 13.8 Å². The lowest BCUT2D eigenvalue weighted by Crippen LogP contribution is -2.45. The third-order valence-corrected chi connectivity index (χ3v) is 3.07. The number of carboxylic acids is 1. The molecule has 132 valence electrons. The topological polar surface area (TPSA) is 101 Å². The highest BCUT2D eigenvalue weighted by molar-refractivity contribution is 6.00. The van der Waals surface area contributed by atoms with Gasteiger partial charge in [0.2, 0.25) is 0 Å². The number of Topliss-reactive ketones (excluding diaryl/α,β-unsaturated/α-hetero) is 2. The van der Waals surface area contributed by atoms with Crippen LogP contribution in [0.3, 0.4) is 0 Å². The van der Waals surface area contributed by atoms with Gasteiger partial charge in [0.15, 0.2) is 6.10 Å². The standard InChI is InChI=1S/C16H27NO6/c1-11(2)14(19)8-12(18)6-7-16(22)23-13(9-15(20)21)10-17(3,4)5/h11,13H,6-10H2,1-5H3. The van der Waals surface area contributed by atoms with Gasteiger partial charge in [-0.2, -0.15) is 0 Å². The SMILES string of the molecule is CC(C)C(=O)CC(=O)CCC(=O)OC(CC(=O)[O-])C[N+](C)(C)C. The normalized spacial score (nSPS) is 12.8. The molecule has 0 aliphatic carbocycles. The zero-order chi connectivity index (χ0) is 18.2. The maximum Gasteiger partial charge on any atom is 0.306 e. The number of ether oxygens (including phenoxy) is 1. The van der Waals surface area contributed by atoms with Crippen molar-refractivity contribution in [2.24, 2.45) is 5.92 Å². The second-order valence-electron chi connectivity index (χ2n) is 7.00. The maximum atomic E-state index is 11.8. The summed E-state index contributed by atoms with van der Waals surface area (Å²) in [4.78, 5) is 45.6. The minimum Gasteiger partial charge on any atom is -0.550 e.